The highest BCUT2D eigenvalue weighted by atomic mass is 32.2. The monoisotopic (exact) mass is 415 g/mol. The Bertz CT molecular complexity index is 1100. The van der Waals surface area contributed by atoms with Crippen LogP contribution < -0.4 is 9.62 Å². The minimum absolute atomic E-state index is 0.220. The summed E-state index contributed by atoms with van der Waals surface area (Å²) < 4.78 is 29.3. The van der Waals surface area contributed by atoms with Crippen molar-refractivity contribution in [1.82, 2.24) is 29.4 Å². The first kappa shape index (κ1) is 19.7. The van der Waals surface area contributed by atoms with Crippen molar-refractivity contribution in [2.75, 3.05) is 44.7 Å². The van der Waals surface area contributed by atoms with E-state index in [0.29, 0.717) is 17.9 Å². The minimum Gasteiger partial charge on any atom is -0.353 e. The molecule has 0 spiro atoms. The number of anilines is 1. The molecule has 0 bridgehead atoms. The van der Waals surface area contributed by atoms with Crippen LogP contribution in [0.15, 0.2) is 41.3 Å². The first-order valence-electron chi connectivity index (χ1n) is 9.63. The van der Waals surface area contributed by atoms with Crippen LogP contribution in [0.5, 0.6) is 0 Å². The van der Waals surface area contributed by atoms with E-state index in [9.17, 15) is 8.42 Å². The molecular formula is C19H25N7O2S. The summed E-state index contributed by atoms with van der Waals surface area (Å²) in [5.41, 5.74) is 1.55. The number of aryl methyl sites for hydroxylation is 1. The molecule has 1 aromatic carbocycles. The van der Waals surface area contributed by atoms with Gasteiger partial charge in [0.05, 0.1) is 4.90 Å². The molecule has 3 heterocycles. The molecule has 0 aliphatic carbocycles. The number of benzene rings is 1. The molecule has 0 amide bonds. The predicted molar refractivity (Wildman–Crippen MR) is 111 cm³/mol. The fourth-order valence-corrected chi connectivity index (χ4v) is 4.48. The van der Waals surface area contributed by atoms with Crippen LogP contribution in [-0.4, -0.2) is 72.9 Å². The van der Waals surface area contributed by atoms with Gasteiger partial charge in [-0.25, -0.2) is 13.1 Å². The van der Waals surface area contributed by atoms with Gasteiger partial charge in [0, 0.05) is 39.1 Å². The molecule has 4 rings (SSSR count). The lowest BCUT2D eigenvalue weighted by Crippen LogP contribution is -2.45. The topological polar surface area (TPSA) is 95.7 Å². The summed E-state index contributed by atoms with van der Waals surface area (Å²) in [5.74, 6) is 1.51. The van der Waals surface area contributed by atoms with Gasteiger partial charge >= 0.3 is 0 Å². The molecule has 154 valence electrons. The van der Waals surface area contributed by atoms with E-state index in [1.165, 1.54) is 0 Å². The van der Waals surface area contributed by atoms with Crippen molar-refractivity contribution in [2.24, 2.45) is 0 Å². The molecule has 1 N–H and O–H groups in total. The first-order valence-corrected chi connectivity index (χ1v) is 11.1. The van der Waals surface area contributed by atoms with Gasteiger partial charge in [0.25, 0.3) is 0 Å². The highest BCUT2D eigenvalue weighted by Crippen LogP contribution is 2.15. The molecule has 1 fully saturated rings. The maximum absolute atomic E-state index is 12.5. The third kappa shape index (κ3) is 4.39. The van der Waals surface area contributed by atoms with Crippen LogP contribution in [0, 0.1) is 6.92 Å². The van der Waals surface area contributed by atoms with Gasteiger partial charge in [-0.15, -0.1) is 15.3 Å². The maximum atomic E-state index is 12.5. The molecule has 0 unspecified atom stereocenters. The number of likely N-dealkylation sites (N-methyl/N-ethyl adjacent to an activating group) is 1. The molecule has 2 aromatic heterocycles. The van der Waals surface area contributed by atoms with Gasteiger partial charge in [-0.05, 0) is 43.8 Å². The zero-order chi connectivity index (χ0) is 20.4. The van der Waals surface area contributed by atoms with E-state index >= 15 is 0 Å². The summed E-state index contributed by atoms with van der Waals surface area (Å²) in [5, 5.41) is 13.0. The third-order valence-electron chi connectivity index (χ3n) is 5.08. The molecule has 1 aliphatic rings. The maximum Gasteiger partial charge on any atom is 0.240 e. The second-order valence-electron chi connectivity index (χ2n) is 7.33. The van der Waals surface area contributed by atoms with Crippen LogP contribution in [0.25, 0.3) is 5.65 Å². The summed E-state index contributed by atoms with van der Waals surface area (Å²) >= 11 is 0. The number of sulfonamides is 1. The number of fused-ring (bicyclic) bond motifs is 1. The summed E-state index contributed by atoms with van der Waals surface area (Å²) in [6.07, 6.45) is 0.394. The van der Waals surface area contributed by atoms with Gasteiger partial charge in [-0.2, -0.15) is 4.52 Å². The van der Waals surface area contributed by atoms with Crippen molar-refractivity contribution in [3.05, 3.63) is 47.8 Å². The van der Waals surface area contributed by atoms with E-state index in [2.05, 4.69) is 31.8 Å². The Labute approximate surface area is 170 Å². The lowest BCUT2D eigenvalue weighted by Gasteiger charge is -2.33. The number of hydrogen-bond donors (Lipinski definition) is 1. The SMILES string of the molecule is Cc1cccc(S(=O)(=O)NCCc2nnc3ccc(N4CCN(C)CC4)nn23)c1. The summed E-state index contributed by atoms with van der Waals surface area (Å²) in [6, 6.07) is 10.7. The zero-order valence-electron chi connectivity index (χ0n) is 16.6. The quantitative estimate of drug-likeness (QED) is 0.633. The third-order valence-corrected chi connectivity index (χ3v) is 6.54. The molecule has 10 heteroatoms. The van der Waals surface area contributed by atoms with Gasteiger partial charge < -0.3 is 9.80 Å². The van der Waals surface area contributed by atoms with E-state index in [0.717, 1.165) is 37.6 Å². The second kappa shape index (κ2) is 8.05. The molecule has 29 heavy (non-hydrogen) atoms. The molecular weight excluding hydrogens is 390 g/mol. The fourth-order valence-electron chi connectivity index (χ4n) is 3.35. The van der Waals surface area contributed by atoms with E-state index in [4.69, 9.17) is 5.10 Å². The van der Waals surface area contributed by atoms with Crippen LogP contribution in [-0.2, 0) is 16.4 Å². The average Bonchev–Trinajstić information content (AvgIpc) is 3.11. The lowest BCUT2D eigenvalue weighted by molar-refractivity contribution is 0.311. The Kier molecular flexibility index (Phi) is 5.48. The van der Waals surface area contributed by atoms with Gasteiger partial charge in [-0.1, -0.05) is 12.1 Å². The van der Waals surface area contributed by atoms with Crippen molar-refractivity contribution in [1.29, 1.82) is 0 Å². The number of nitrogens with zero attached hydrogens (tertiary/aromatic N) is 6. The fraction of sp³-hybridized carbons (Fsp3) is 0.421. The van der Waals surface area contributed by atoms with Gasteiger partial charge in [0.15, 0.2) is 11.5 Å². The Hall–Kier alpha value is -2.56. The van der Waals surface area contributed by atoms with Gasteiger partial charge in [0.2, 0.25) is 10.0 Å². The number of nitrogens with one attached hydrogen (secondary N) is 1. The Morgan fingerprint density at radius 2 is 1.86 bits per heavy atom. The minimum atomic E-state index is -3.56. The number of piperazine rings is 1. The van der Waals surface area contributed by atoms with Crippen molar-refractivity contribution in [3.63, 3.8) is 0 Å². The Balaban J connectivity index is 1.46. The molecule has 9 nitrogen and oxygen atoms in total. The number of hydrogen-bond acceptors (Lipinski definition) is 7. The Morgan fingerprint density at radius 3 is 2.62 bits per heavy atom. The Morgan fingerprint density at radius 1 is 1.07 bits per heavy atom. The van der Waals surface area contributed by atoms with E-state index in [-0.39, 0.29) is 11.4 Å². The molecule has 1 aliphatic heterocycles. The zero-order valence-corrected chi connectivity index (χ0v) is 17.4. The molecule has 0 radical (unpaired) electrons. The van der Waals surface area contributed by atoms with E-state index in [1.54, 1.807) is 22.7 Å². The molecule has 1 saturated heterocycles. The van der Waals surface area contributed by atoms with Crippen LogP contribution in [0.2, 0.25) is 0 Å². The van der Waals surface area contributed by atoms with E-state index < -0.39 is 10.0 Å². The van der Waals surface area contributed by atoms with Crippen molar-refractivity contribution >= 4 is 21.5 Å². The summed E-state index contributed by atoms with van der Waals surface area (Å²) in [6.45, 7) is 5.92. The number of aromatic nitrogens is 4. The van der Waals surface area contributed by atoms with Gasteiger partial charge in [0.1, 0.15) is 5.82 Å². The normalized spacial score (nSPS) is 15.9. The highest BCUT2D eigenvalue weighted by molar-refractivity contribution is 7.89. The molecule has 0 atom stereocenters. The van der Waals surface area contributed by atoms with Crippen molar-refractivity contribution in [3.8, 4) is 0 Å². The summed E-state index contributed by atoms with van der Waals surface area (Å²) in [4.78, 5) is 4.79. The molecule has 3 aromatic rings. The van der Waals surface area contributed by atoms with Crippen LogP contribution in [0.3, 0.4) is 0 Å². The summed E-state index contributed by atoms with van der Waals surface area (Å²) in [7, 11) is -1.45. The van der Waals surface area contributed by atoms with Gasteiger partial charge in [-0.3, -0.25) is 0 Å². The molecule has 0 saturated carbocycles. The van der Waals surface area contributed by atoms with Crippen LogP contribution in [0.1, 0.15) is 11.4 Å². The number of rotatable bonds is 6. The van der Waals surface area contributed by atoms with Crippen LogP contribution >= 0.6 is 0 Å². The first-order chi connectivity index (χ1) is 13.9. The standard InChI is InChI=1S/C19H25N7O2S/c1-15-4-3-5-16(14-15)29(27,28)20-9-8-18-22-21-17-6-7-19(23-26(17)18)25-12-10-24(2)11-13-25/h3-7,14,20H,8-13H2,1-2H3. The highest BCUT2D eigenvalue weighted by Gasteiger charge is 2.18. The van der Waals surface area contributed by atoms with E-state index in [1.807, 2.05) is 25.1 Å². The van der Waals surface area contributed by atoms with Crippen LogP contribution in [0.4, 0.5) is 5.82 Å². The second-order valence-corrected chi connectivity index (χ2v) is 9.10. The smallest absolute Gasteiger partial charge is 0.240 e. The lowest BCUT2D eigenvalue weighted by atomic mass is 10.2. The van der Waals surface area contributed by atoms with Crippen molar-refractivity contribution < 1.29 is 8.42 Å². The largest absolute Gasteiger partial charge is 0.353 e. The van der Waals surface area contributed by atoms with Crippen molar-refractivity contribution in [2.45, 2.75) is 18.2 Å². The predicted octanol–water partition coefficient (Wildman–Crippen LogP) is 0.706. The average molecular weight is 416 g/mol.